The smallest absolute Gasteiger partial charge is 0.310 e. The molecule has 1 aliphatic carbocycles. The van der Waals surface area contributed by atoms with Gasteiger partial charge in [-0.3, -0.25) is 14.9 Å². The molecule has 1 fully saturated rings. The Bertz CT molecular complexity index is 511. The molecule has 102 valence electrons. The number of nitro benzene ring substituents is 1. The third-order valence-electron chi connectivity index (χ3n) is 4.08. The first-order valence-corrected chi connectivity index (χ1v) is 6.19. The van der Waals surface area contributed by atoms with Crippen molar-refractivity contribution < 1.29 is 14.8 Å². The molecule has 1 atom stereocenters. The number of carbonyl (C=O) groups is 1. The van der Waals surface area contributed by atoms with Crippen molar-refractivity contribution in [1.29, 1.82) is 0 Å². The summed E-state index contributed by atoms with van der Waals surface area (Å²) < 4.78 is 0. The van der Waals surface area contributed by atoms with Gasteiger partial charge in [0.05, 0.1) is 10.3 Å². The number of nitro groups is 1. The molecule has 6 heteroatoms. The van der Waals surface area contributed by atoms with Crippen molar-refractivity contribution in [2.45, 2.75) is 25.2 Å². The third kappa shape index (κ3) is 2.08. The van der Waals surface area contributed by atoms with Gasteiger partial charge in [0.2, 0.25) is 0 Å². The number of aliphatic carboxylic acids is 1. The number of para-hydroxylation sites is 1. The second-order valence-corrected chi connectivity index (χ2v) is 4.92. The molecule has 1 aliphatic rings. The highest BCUT2D eigenvalue weighted by atomic mass is 16.6. The van der Waals surface area contributed by atoms with E-state index in [1.165, 1.54) is 6.07 Å². The van der Waals surface area contributed by atoms with Gasteiger partial charge in [0, 0.05) is 24.1 Å². The summed E-state index contributed by atoms with van der Waals surface area (Å²) in [6, 6.07) is 6.26. The van der Waals surface area contributed by atoms with Gasteiger partial charge in [-0.25, -0.2) is 0 Å². The summed E-state index contributed by atoms with van der Waals surface area (Å²) in [6.45, 7) is 0.0944. The lowest BCUT2D eigenvalue weighted by Crippen LogP contribution is -2.46. The molecular formula is C13H16N2O4. The lowest BCUT2D eigenvalue weighted by molar-refractivity contribution is -0.385. The molecule has 1 saturated carbocycles. The molecule has 0 spiro atoms. The van der Waals surface area contributed by atoms with E-state index >= 15 is 0 Å². The van der Waals surface area contributed by atoms with Crippen molar-refractivity contribution in [3.05, 3.63) is 39.9 Å². The van der Waals surface area contributed by atoms with E-state index in [1.807, 2.05) is 0 Å². The summed E-state index contributed by atoms with van der Waals surface area (Å²) in [7, 11) is 0. The van der Waals surface area contributed by atoms with Crippen LogP contribution < -0.4 is 5.73 Å². The Morgan fingerprint density at radius 2 is 2.11 bits per heavy atom. The van der Waals surface area contributed by atoms with Gasteiger partial charge in [0.15, 0.2) is 0 Å². The predicted molar refractivity (Wildman–Crippen MR) is 68.8 cm³/mol. The third-order valence-corrected chi connectivity index (χ3v) is 4.08. The Kier molecular flexibility index (Phi) is 3.53. The standard InChI is InChI=1S/C13H16N2O4/c14-8-10(13(12(16)17)6-3-7-13)9-4-1-2-5-11(9)15(18)19/h1-2,4-5,10H,3,6-8,14H2,(H,16,17)/t10-/m1/s1. The van der Waals surface area contributed by atoms with Gasteiger partial charge in [-0.15, -0.1) is 0 Å². The maximum atomic E-state index is 11.5. The molecule has 0 aliphatic heterocycles. The Morgan fingerprint density at radius 3 is 2.53 bits per heavy atom. The average molecular weight is 264 g/mol. The lowest BCUT2D eigenvalue weighted by atomic mass is 9.59. The van der Waals surface area contributed by atoms with Crippen LogP contribution in [-0.2, 0) is 4.79 Å². The van der Waals surface area contributed by atoms with Crippen LogP contribution in [0.2, 0.25) is 0 Å². The van der Waals surface area contributed by atoms with Crippen LogP contribution in [0.1, 0.15) is 30.7 Å². The quantitative estimate of drug-likeness (QED) is 0.623. The highest BCUT2D eigenvalue weighted by Crippen LogP contribution is 2.52. The van der Waals surface area contributed by atoms with Gasteiger partial charge in [0.1, 0.15) is 0 Å². The minimum atomic E-state index is -0.944. The van der Waals surface area contributed by atoms with E-state index in [2.05, 4.69) is 0 Å². The zero-order valence-electron chi connectivity index (χ0n) is 10.4. The van der Waals surface area contributed by atoms with Crippen LogP contribution in [0.4, 0.5) is 5.69 Å². The molecule has 2 rings (SSSR count). The monoisotopic (exact) mass is 264 g/mol. The first-order chi connectivity index (χ1) is 9.03. The topological polar surface area (TPSA) is 106 Å². The summed E-state index contributed by atoms with van der Waals surface area (Å²) in [5.74, 6) is -1.42. The van der Waals surface area contributed by atoms with Gasteiger partial charge in [-0.2, -0.15) is 0 Å². The number of hydrogen-bond acceptors (Lipinski definition) is 4. The number of benzene rings is 1. The van der Waals surface area contributed by atoms with Gasteiger partial charge in [-0.05, 0) is 12.8 Å². The molecule has 1 aromatic rings. The fourth-order valence-electron chi connectivity index (χ4n) is 2.87. The number of rotatable bonds is 5. The molecule has 1 aromatic carbocycles. The zero-order chi connectivity index (χ0) is 14.0. The van der Waals surface area contributed by atoms with Crippen LogP contribution in [0.15, 0.2) is 24.3 Å². The maximum Gasteiger partial charge on any atom is 0.310 e. The second-order valence-electron chi connectivity index (χ2n) is 4.92. The molecule has 0 heterocycles. The number of carboxylic acids is 1. The second kappa shape index (κ2) is 4.97. The molecular weight excluding hydrogens is 248 g/mol. The highest BCUT2D eigenvalue weighted by molar-refractivity contribution is 5.77. The summed E-state index contributed by atoms with van der Waals surface area (Å²) in [5.41, 5.74) is 5.16. The van der Waals surface area contributed by atoms with Crippen molar-refractivity contribution in [2.75, 3.05) is 6.54 Å². The molecule has 0 aromatic heterocycles. The van der Waals surface area contributed by atoms with Crippen LogP contribution in [0.3, 0.4) is 0 Å². The van der Waals surface area contributed by atoms with E-state index in [0.29, 0.717) is 18.4 Å². The van der Waals surface area contributed by atoms with Gasteiger partial charge in [0.25, 0.3) is 5.69 Å². The van der Waals surface area contributed by atoms with Crippen LogP contribution in [0.25, 0.3) is 0 Å². The molecule has 0 saturated heterocycles. The van der Waals surface area contributed by atoms with Gasteiger partial charge >= 0.3 is 5.97 Å². The van der Waals surface area contributed by atoms with E-state index in [1.54, 1.807) is 18.2 Å². The van der Waals surface area contributed by atoms with Crippen LogP contribution in [-0.4, -0.2) is 22.5 Å². The van der Waals surface area contributed by atoms with Gasteiger partial charge < -0.3 is 10.8 Å². The number of hydrogen-bond donors (Lipinski definition) is 2. The molecule has 0 bridgehead atoms. The molecule has 19 heavy (non-hydrogen) atoms. The Labute approximate surface area is 110 Å². The summed E-state index contributed by atoms with van der Waals surface area (Å²) >= 11 is 0. The summed E-state index contributed by atoms with van der Waals surface area (Å²) in [4.78, 5) is 22.1. The minimum Gasteiger partial charge on any atom is -0.481 e. The Hall–Kier alpha value is -1.95. The minimum absolute atomic E-state index is 0.0505. The number of nitrogens with two attached hydrogens (primary N) is 1. The van der Waals surface area contributed by atoms with Crippen LogP contribution in [0.5, 0.6) is 0 Å². The average Bonchev–Trinajstić information content (AvgIpc) is 2.32. The van der Waals surface area contributed by atoms with E-state index in [9.17, 15) is 20.0 Å². The summed E-state index contributed by atoms with van der Waals surface area (Å²) in [5, 5.41) is 20.5. The first kappa shape index (κ1) is 13.5. The van der Waals surface area contributed by atoms with E-state index in [-0.39, 0.29) is 12.2 Å². The highest BCUT2D eigenvalue weighted by Gasteiger charge is 2.51. The predicted octanol–water partition coefficient (Wildman–Crippen LogP) is 1.89. The Balaban J connectivity index is 2.48. The van der Waals surface area contributed by atoms with Crippen LogP contribution in [0, 0.1) is 15.5 Å². The molecule has 0 radical (unpaired) electrons. The Morgan fingerprint density at radius 1 is 1.47 bits per heavy atom. The molecule has 6 nitrogen and oxygen atoms in total. The van der Waals surface area contributed by atoms with Gasteiger partial charge in [-0.1, -0.05) is 24.6 Å². The molecule has 0 unspecified atom stereocenters. The normalized spacial score (nSPS) is 18.4. The van der Waals surface area contributed by atoms with Crippen molar-refractivity contribution in [2.24, 2.45) is 11.1 Å². The largest absolute Gasteiger partial charge is 0.481 e. The van der Waals surface area contributed by atoms with Crippen LogP contribution >= 0.6 is 0 Å². The summed E-state index contributed by atoms with van der Waals surface area (Å²) in [6.07, 6.45) is 1.87. The molecule has 3 N–H and O–H groups in total. The van der Waals surface area contributed by atoms with Crippen molar-refractivity contribution >= 4 is 11.7 Å². The van der Waals surface area contributed by atoms with Crippen molar-refractivity contribution in [3.63, 3.8) is 0 Å². The maximum absolute atomic E-state index is 11.5. The van der Waals surface area contributed by atoms with E-state index in [4.69, 9.17) is 5.73 Å². The number of carboxylic acid groups (broad SMARTS) is 1. The fourth-order valence-corrected chi connectivity index (χ4v) is 2.87. The number of nitrogens with zero attached hydrogens (tertiary/aromatic N) is 1. The molecule has 0 amide bonds. The van der Waals surface area contributed by atoms with Crippen molar-refractivity contribution in [1.82, 2.24) is 0 Å². The fraction of sp³-hybridized carbons (Fsp3) is 0.462. The lowest BCUT2D eigenvalue weighted by Gasteiger charge is -2.43. The zero-order valence-corrected chi connectivity index (χ0v) is 10.4. The van der Waals surface area contributed by atoms with E-state index < -0.39 is 22.2 Å². The van der Waals surface area contributed by atoms with E-state index in [0.717, 1.165) is 6.42 Å². The first-order valence-electron chi connectivity index (χ1n) is 6.19. The SMILES string of the molecule is NC[C@H](c1ccccc1[N+](=O)[O-])C1(C(=O)O)CCC1. The van der Waals surface area contributed by atoms with Crippen molar-refractivity contribution in [3.8, 4) is 0 Å².